The van der Waals surface area contributed by atoms with E-state index < -0.39 is 15.8 Å². The Labute approximate surface area is 140 Å². The molecule has 21 heavy (non-hydrogen) atoms. The highest BCUT2D eigenvalue weighted by Gasteiger charge is 2.17. The first-order valence-corrected chi connectivity index (χ1v) is 8.64. The Kier molecular flexibility index (Phi) is 5.07. The summed E-state index contributed by atoms with van der Waals surface area (Å²) in [6, 6.07) is 7.77. The summed E-state index contributed by atoms with van der Waals surface area (Å²) >= 11 is 7.72. The van der Waals surface area contributed by atoms with Crippen LogP contribution in [0.5, 0.6) is 0 Å². The van der Waals surface area contributed by atoms with Crippen molar-refractivity contribution in [3.05, 3.63) is 56.4 Å². The number of halogens is 3. The van der Waals surface area contributed by atoms with Crippen molar-refractivity contribution in [2.75, 3.05) is 4.72 Å². The van der Waals surface area contributed by atoms with Gasteiger partial charge < -0.3 is 5.11 Å². The van der Waals surface area contributed by atoms with Gasteiger partial charge in [-0.25, -0.2) is 12.8 Å². The third-order valence-electron chi connectivity index (χ3n) is 2.68. The molecule has 0 aliphatic heterocycles. The van der Waals surface area contributed by atoms with Gasteiger partial charge in [0.15, 0.2) is 0 Å². The highest BCUT2D eigenvalue weighted by molar-refractivity contribution is 14.1. The molecule has 0 spiro atoms. The summed E-state index contributed by atoms with van der Waals surface area (Å²) in [7, 11) is -3.84. The topological polar surface area (TPSA) is 66.4 Å². The average molecular weight is 442 g/mol. The van der Waals surface area contributed by atoms with E-state index in [2.05, 4.69) is 4.72 Å². The molecular formula is C13H10ClFINO3S. The van der Waals surface area contributed by atoms with E-state index in [0.717, 1.165) is 0 Å². The van der Waals surface area contributed by atoms with E-state index in [1.54, 1.807) is 0 Å². The molecule has 0 radical (unpaired) electrons. The van der Waals surface area contributed by atoms with Crippen LogP contribution in [-0.4, -0.2) is 13.5 Å². The molecule has 2 rings (SSSR count). The SMILES string of the molecule is O=S(=O)(Nc1ccc(F)cc1I)c1ccc(CO)c(Cl)c1. The van der Waals surface area contributed by atoms with Gasteiger partial charge in [-0.15, -0.1) is 0 Å². The van der Waals surface area contributed by atoms with Gasteiger partial charge in [0, 0.05) is 8.59 Å². The van der Waals surface area contributed by atoms with Crippen molar-refractivity contribution in [1.29, 1.82) is 0 Å². The molecule has 0 unspecified atom stereocenters. The van der Waals surface area contributed by atoms with Crippen molar-refractivity contribution in [3.63, 3.8) is 0 Å². The molecule has 2 aromatic rings. The van der Waals surface area contributed by atoms with E-state index in [4.69, 9.17) is 16.7 Å². The van der Waals surface area contributed by atoms with E-state index in [-0.39, 0.29) is 22.2 Å². The van der Waals surface area contributed by atoms with Crippen LogP contribution in [0.1, 0.15) is 5.56 Å². The third-order valence-corrected chi connectivity index (χ3v) is 5.29. The highest BCUT2D eigenvalue weighted by atomic mass is 127. The number of rotatable bonds is 4. The zero-order chi connectivity index (χ0) is 15.6. The van der Waals surface area contributed by atoms with Gasteiger partial charge in [0.1, 0.15) is 5.82 Å². The van der Waals surface area contributed by atoms with Crippen molar-refractivity contribution in [1.82, 2.24) is 0 Å². The predicted octanol–water partition coefficient (Wildman–Crippen LogP) is 3.38. The Morgan fingerprint density at radius 3 is 2.52 bits per heavy atom. The van der Waals surface area contributed by atoms with Gasteiger partial charge in [0.05, 0.1) is 17.2 Å². The molecule has 0 fully saturated rings. The fourth-order valence-electron chi connectivity index (χ4n) is 1.60. The smallest absolute Gasteiger partial charge is 0.261 e. The number of anilines is 1. The zero-order valence-electron chi connectivity index (χ0n) is 10.5. The number of benzene rings is 2. The number of hydrogen-bond donors (Lipinski definition) is 2. The second-order valence-corrected chi connectivity index (χ2v) is 7.39. The first kappa shape index (κ1) is 16.5. The maximum Gasteiger partial charge on any atom is 0.261 e. The van der Waals surface area contributed by atoms with Crippen molar-refractivity contribution < 1.29 is 17.9 Å². The molecule has 2 N–H and O–H groups in total. The lowest BCUT2D eigenvalue weighted by atomic mass is 10.2. The van der Waals surface area contributed by atoms with Crippen LogP contribution in [0, 0.1) is 9.39 Å². The van der Waals surface area contributed by atoms with Gasteiger partial charge in [0.2, 0.25) is 0 Å². The predicted molar refractivity (Wildman–Crippen MR) is 87.3 cm³/mol. The Bertz CT molecular complexity index is 783. The molecular weight excluding hydrogens is 432 g/mol. The standard InChI is InChI=1S/C13H10ClFINO3S/c14-11-6-10(3-1-8(11)7-18)21(19,20)17-13-4-2-9(15)5-12(13)16/h1-6,17-18H,7H2. The first-order valence-electron chi connectivity index (χ1n) is 5.70. The summed E-state index contributed by atoms with van der Waals surface area (Å²) in [5, 5.41) is 9.18. The average Bonchev–Trinajstić information content (AvgIpc) is 2.42. The number of nitrogens with one attached hydrogen (secondary N) is 1. The number of sulfonamides is 1. The lowest BCUT2D eigenvalue weighted by Crippen LogP contribution is -2.14. The minimum Gasteiger partial charge on any atom is -0.392 e. The summed E-state index contributed by atoms with van der Waals surface area (Å²) in [6.07, 6.45) is 0. The largest absolute Gasteiger partial charge is 0.392 e. The van der Waals surface area contributed by atoms with E-state index >= 15 is 0 Å². The Balaban J connectivity index is 2.36. The van der Waals surface area contributed by atoms with Crippen LogP contribution in [0.3, 0.4) is 0 Å². The quantitative estimate of drug-likeness (QED) is 0.715. The fraction of sp³-hybridized carbons (Fsp3) is 0.0769. The summed E-state index contributed by atoms with van der Waals surface area (Å²) in [5.41, 5.74) is 0.714. The second kappa shape index (κ2) is 6.47. The van der Waals surface area contributed by atoms with Crippen LogP contribution in [0.25, 0.3) is 0 Å². The lowest BCUT2D eigenvalue weighted by molar-refractivity contribution is 0.282. The van der Waals surface area contributed by atoms with E-state index in [1.165, 1.54) is 36.4 Å². The van der Waals surface area contributed by atoms with Crippen molar-refractivity contribution in [2.24, 2.45) is 0 Å². The molecule has 0 aromatic heterocycles. The Morgan fingerprint density at radius 1 is 1.24 bits per heavy atom. The number of aliphatic hydroxyl groups is 1. The van der Waals surface area contributed by atoms with Crippen LogP contribution >= 0.6 is 34.2 Å². The van der Waals surface area contributed by atoms with Gasteiger partial charge in [0.25, 0.3) is 10.0 Å². The minimum absolute atomic E-state index is 0.0372. The van der Waals surface area contributed by atoms with Crippen LogP contribution in [-0.2, 0) is 16.6 Å². The molecule has 0 aliphatic rings. The van der Waals surface area contributed by atoms with Crippen LogP contribution in [0.15, 0.2) is 41.3 Å². The lowest BCUT2D eigenvalue weighted by Gasteiger charge is -2.11. The van der Waals surface area contributed by atoms with Crippen molar-refractivity contribution in [2.45, 2.75) is 11.5 Å². The monoisotopic (exact) mass is 441 g/mol. The van der Waals surface area contributed by atoms with Gasteiger partial charge in [-0.05, 0) is 58.5 Å². The summed E-state index contributed by atoms with van der Waals surface area (Å²) in [4.78, 5) is -0.0372. The maximum absolute atomic E-state index is 13.0. The molecule has 0 aliphatic carbocycles. The van der Waals surface area contributed by atoms with Gasteiger partial charge in [-0.2, -0.15) is 0 Å². The normalized spacial score (nSPS) is 11.4. The molecule has 0 atom stereocenters. The summed E-state index contributed by atoms with van der Waals surface area (Å²) in [6.45, 7) is -0.275. The highest BCUT2D eigenvalue weighted by Crippen LogP contribution is 2.25. The van der Waals surface area contributed by atoms with Crippen LogP contribution in [0.4, 0.5) is 10.1 Å². The van der Waals surface area contributed by atoms with Crippen molar-refractivity contribution >= 4 is 49.9 Å². The maximum atomic E-state index is 13.0. The molecule has 0 bridgehead atoms. The Morgan fingerprint density at radius 2 is 1.95 bits per heavy atom. The fourth-order valence-corrected chi connectivity index (χ4v) is 3.81. The third kappa shape index (κ3) is 3.85. The molecule has 0 saturated heterocycles. The molecule has 0 heterocycles. The van der Waals surface area contributed by atoms with Gasteiger partial charge >= 0.3 is 0 Å². The van der Waals surface area contributed by atoms with E-state index in [1.807, 2.05) is 22.6 Å². The van der Waals surface area contributed by atoms with Crippen molar-refractivity contribution in [3.8, 4) is 0 Å². The summed E-state index contributed by atoms with van der Waals surface area (Å²) < 4.78 is 40.3. The number of hydrogen-bond acceptors (Lipinski definition) is 3. The molecule has 0 saturated carbocycles. The van der Waals surface area contributed by atoms with E-state index in [0.29, 0.717) is 9.13 Å². The summed E-state index contributed by atoms with van der Waals surface area (Å²) in [5.74, 6) is -0.447. The Hall–Kier alpha value is -0.900. The van der Waals surface area contributed by atoms with Gasteiger partial charge in [-0.3, -0.25) is 4.72 Å². The molecule has 4 nitrogen and oxygen atoms in total. The number of aliphatic hydroxyl groups excluding tert-OH is 1. The second-order valence-electron chi connectivity index (χ2n) is 4.14. The van der Waals surface area contributed by atoms with Gasteiger partial charge in [-0.1, -0.05) is 17.7 Å². The van der Waals surface area contributed by atoms with Crippen LogP contribution in [0.2, 0.25) is 5.02 Å². The van der Waals surface area contributed by atoms with E-state index in [9.17, 15) is 12.8 Å². The molecule has 112 valence electrons. The molecule has 8 heteroatoms. The molecule has 0 amide bonds. The molecule has 2 aromatic carbocycles. The first-order chi connectivity index (χ1) is 9.83. The zero-order valence-corrected chi connectivity index (χ0v) is 14.2. The van der Waals surface area contributed by atoms with Crippen LogP contribution < -0.4 is 4.72 Å². The minimum atomic E-state index is -3.84.